The summed E-state index contributed by atoms with van der Waals surface area (Å²) in [6.45, 7) is 0.443. The average Bonchev–Trinajstić information content (AvgIpc) is 2.21. The summed E-state index contributed by atoms with van der Waals surface area (Å²) >= 11 is 0. The zero-order chi connectivity index (χ0) is 14.7. The summed E-state index contributed by atoms with van der Waals surface area (Å²) in [5.74, 6) is 0. The first kappa shape index (κ1) is 15.7. The van der Waals surface area contributed by atoms with E-state index in [0.29, 0.717) is 5.69 Å². The number of nitrogen functional groups attached to an aromatic ring is 1. The van der Waals surface area contributed by atoms with Crippen LogP contribution in [0.3, 0.4) is 0 Å². The minimum atomic E-state index is -3.83. The van der Waals surface area contributed by atoms with Gasteiger partial charge in [0.25, 0.3) is 0 Å². The molecule has 0 atom stereocenters. The lowest BCUT2D eigenvalue weighted by atomic mass is 10.3. The zero-order valence-electron chi connectivity index (χ0n) is 10.3. The molecule has 0 heterocycles. The first-order valence-corrected chi connectivity index (χ1v) is 8.63. The molecule has 1 aromatic carbocycles. The number of sulfonamides is 2. The molecule has 0 radical (unpaired) electrons. The molecule has 0 amide bonds. The van der Waals surface area contributed by atoms with Crippen LogP contribution in [0.15, 0.2) is 23.1 Å². The van der Waals surface area contributed by atoms with Crippen molar-refractivity contribution in [3.63, 3.8) is 0 Å². The second-order valence-electron chi connectivity index (χ2n) is 3.93. The highest BCUT2D eigenvalue weighted by Gasteiger charge is 2.09. The third-order valence-electron chi connectivity index (χ3n) is 2.08. The van der Waals surface area contributed by atoms with Gasteiger partial charge in [-0.1, -0.05) is 0 Å². The van der Waals surface area contributed by atoms with Crippen LogP contribution in [0, 0.1) is 0 Å². The lowest BCUT2D eigenvalue weighted by molar-refractivity contribution is 0.589. The Hall–Kier alpha value is -1.36. The van der Waals surface area contributed by atoms with E-state index in [4.69, 9.17) is 10.9 Å². The fraction of sp³-hybridized carbons (Fsp3) is 0.333. The Kier molecular flexibility index (Phi) is 4.74. The smallest absolute Gasteiger partial charge is 0.238 e. The van der Waals surface area contributed by atoms with Gasteiger partial charge in [0.15, 0.2) is 0 Å². The molecule has 10 heteroatoms. The van der Waals surface area contributed by atoms with Crippen molar-refractivity contribution in [1.82, 2.24) is 4.72 Å². The van der Waals surface area contributed by atoms with Gasteiger partial charge >= 0.3 is 0 Å². The summed E-state index contributed by atoms with van der Waals surface area (Å²) < 4.78 is 46.3. The predicted molar refractivity (Wildman–Crippen MR) is 73.6 cm³/mol. The number of primary sulfonamides is 1. The monoisotopic (exact) mass is 308 g/mol. The van der Waals surface area contributed by atoms with E-state index >= 15 is 0 Å². The molecule has 19 heavy (non-hydrogen) atoms. The van der Waals surface area contributed by atoms with Gasteiger partial charge in [0.05, 0.1) is 11.2 Å². The van der Waals surface area contributed by atoms with Gasteiger partial charge in [-0.05, 0) is 18.2 Å². The van der Waals surface area contributed by atoms with Crippen LogP contribution in [0.4, 0.5) is 11.4 Å². The van der Waals surface area contributed by atoms with Crippen LogP contribution in [0.5, 0.6) is 0 Å². The molecule has 0 saturated heterocycles. The SMILES string of the molecule is CS(=O)(=O)NCCNc1cc(N)cc(S(N)(=O)=O)c1. The molecule has 0 saturated carbocycles. The molecular formula is C9H16N4O4S2. The fourth-order valence-electron chi connectivity index (χ4n) is 1.33. The number of hydrogen-bond acceptors (Lipinski definition) is 6. The van der Waals surface area contributed by atoms with Crippen molar-refractivity contribution in [2.24, 2.45) is 5.14 Å². The molecule has 8 nitrogen and oxygen atoms in total. The van der Waals surface area contributed by atoms with Gasteiger partial charge in [-0.25, -0.2) is 26.7 Å². The Balaban J connectivity index is 2.72. The highest BCUT2D eigenvalue weighted by molar-refractivity contribution is 7.89. The second-order valence-corrected chi connectivity index (χ2v) is 7.32. The maximum absolute atomic E-state index is 11.2. The quantitative estimate of drug-likeness (QED) is 0.387. The van der Waals surface area contributed by atoms with Crippen molar-refractivity contribution in [1.29, 1.82) is 0 Å². The zero-order valence-corrected chi connectivity index (χ0v) is 11.9. The van der Waals surface area contributed by atoms with Gasteiger partial charge in [-0.15, -0.1) is 0 Å². The summed E-state index contributed by atoms with van der Waals surface area (Å²) in [6.07, 6.45) is 1.05. The molecular weight excluding hydrogens is 292 g/mol. The Bertz CT molecular complexity index is 655. The lowest BCUT2D eigenvalue weighted by Crippen LogP contribution is -2.27. The van der Waals surface area contributed by atoms with E-state index in [2.05, 4.69) is 10.0 Å². The van der Waals surface area contributed by atoms with E-state index in [1.54, 1.807) is 0 Å². The van der Waals surface area contributed by atoms with Gasteiger partial charge in [0, 0.05) is 24.5 Å². The third-order valence-corrected chi connectivity index (χ3v) is 3.70. The summed E-state index contributed by atoms with van der Waals surface area (Å²) in [7, 11) is -7.08. The highest BCUT2D eigenvalue weighted by Crippen LogP contribution is 2.19. The molecule has 1 aromatic rings. The Morgan fingerprint density at radius 1 is 1.11 bits per heavy atom. The molecule has 0 spiro atoms. The molecule has 0 aliphatic rings. The molecule has 0 fully saturated rings. The van der Waals surface area contributed by atoms with Crippen molar-refractivity contribution in [2.45, 2.75) is 4.90 Å². The van der Waals surface area contributed by atoms with Crippen molar-refractivity contribution >= 4 is 31.4 Å². The Morgan fingerprint density at radius 3 is 2.26 bits per heavy atom. The molecule has 0 aliphatic heterocycles. The first-order chi connectivity index (χ1) is 8.58. The van der Waals surface area contributed by atoms with E-state index in [1.807, 2.05) is 0 Å². The van der Waals surface area contributed by atoms with Crippen molar-refractivity contribution in [2.75, 3.05) is 30.4 Å². The standard InChI is InChI=1S/C9H16N4O4S2/c1-18(14,15)13-3-2-12-8-4-7(10)5-9(6-8)19(11,16)17/h4-6,12-13H,2-3,10H2,1H3,(H2,11,16,17). The summed E-state index contributed by atoms with van der Waals surface area (Å²) in [5, 5.41) is 7.85. The van der Waals surface area contributed by atoms with Gasteiger partial charge in [0.2, 0.25) is 20.0 Å². The number of nitrogens with one attached hydrogen (secondary N) is 2. The van der Waals surface area contributed by atoms with E-state index < -0.39 is 20.0 Å². The van der Waals surface area contributed by atoms with Crippen LogP contribution < -0.4 is 20.9 Å². The molecule has 0 unspecified atom stereocenters. The fourth-order valence-corrected chi connectivity index (χ4v) is 2.40. The molecule has 0 aliphatic carbocycles. The summed E-state index contributed by atoms with van der Waals surface area (Å²) in [4.78, 5) is -0.105. The van der Waals surface area contributed by atoms with Crippen molar-refractivity contribution in [3.05, 3.63) is 18.2 Å². The van der Waals surface area contributed by atoms with Crippen LogP contribution in [0.1, 0.15) is 0 Å². The Morgan fingerprint density at radius 2 is 1.74 bits per heavy atom. The van der Waals surface area contributed by atoms with Crippen LogP contribution in [-0.2, 0) is 20.0 Å². The van der Waals surface area contributed by atoms with Gasteiger partial charge < -0.3 is 11.1 Å². The molecule has 0 aromatic heterocycles. The second kappa shape index (κ2) is 5.74. The van der Waals surface area contributed by atoms with Gasteiger partial charge in [-0.2, -0.15) is 0 Å². The van der Waals surface area contributed by atoms with Gasteiger partial charge in [-0.3, -0.25) is 0 Å². The van der Waals surface area contributed by atoms with Crippen LogP contribution in [0.2, 0.25) is 0 Å². The summed E-state index contributed by atoms with van der Waals surface area (Å²) in [5.41, 5.74) is 6.24. The lowest BCUT2D eigenvalue weighted by Gasteiger charge is -2.09. The Labute approximate surface area is 112 Å². The van der Waals surface area contributed by atoms with E-state index in [9.17, 15) is 16.8 Å². The minimum Gasteiger partial charge on any atom is -0.399 e. The number of nitrogens with two attached hydrogens (primary N) is 2. The molecule has 1 rings (SSSR count). The largest absolute Gasteiger partial charge is 0.399 e. The number of hydrogen-bond donors (Lipinski definition) is 4. The first-order valence-electron chi connectivity index (χ1n) is 5.20. The molecule has 0 bridgehead atoms. The van der Waals surface area contributed by atoms with E-state index in [0.717, 1.165) is 6.26 Å². The minimum absolute atomic E-state index is 0.105. The van der Waals surface area contributed by atoms with Crippen LogP contribution >= 0.6 is 0 Å². The maximum atomic E-state index is 11.2. The highest BCUT2D eigenvalue weighted by atomic mass is 32.2. The van der Waals surface area contributed by atoms with E-state index in [-0.39, 0.29) is 23.7 Å². The third kappa shape index (κ3) is 5.87. The van der Waals surface area contributed by atoms with Crippen molar-refractivity contribution < 1.29 is 16.8 Å². The maximum Gasteiger partial charge on any atom is 0.238 e. The van der Waals surface area contributed by atoms with Crippen LogP contribution in [-0.4, -0.2) is 36.2 Å². The normalized spacial score (nSPS) is 12.3. The number of benzene rings is 1. The van der Waals surface area contributed by atoms with Crippen LogP contribution in [0.25, 0.3) is 0 Å². The predicted octanol–water partition coefficient (Wildman–Crippen LogP) is -1.12. The average molecular weight is 308 g/mol. The molecule has 6 N–H and O–H groups in total. The number of anilines is 2. The van der Waals surface area contributed by atoms with E-state index in [1.165, 1.54) is 18.2 Å². The van der Waals surface area contributed by atoms with Crippen molar-refractivity contribution in [3.8, 4) is 0 Å². The molecule has 108 valence electrons. The topological polar surface area (TPSA) is 144 Å². The summed E-state index contributed by atoms with van der Waals surface area (Å²) in [6, 6.07) is 4.09. The van der Waals surface area contributed by atoms with Gasteiger partial charge in [0.1, 0.15) is 0 Å². The number of rotatable bonds is 6.